The summed E-state index contributed by atoms with van der Waals surface area (Å²) in [4.78, 5) is 15.4. The van der Waals surface area contributed by atoms with E-state index < -0.39 is 5.97 Å². The zero-order valence-corrected chi connectivity index (χ0v) is 11.7. The number of rotatable bonds is 4. The molecule has 3 rings (SSSR count). The largest absolute Gasteiger partial charge is 0.478 e. The molecule has 1 aromatic carbocycles. The summed E-state index contributed by atoms with van der Waals surface area (Å²) in [5, 5.41) is 12.4. The SMILES string of the molecule is O=C(O)c1ccc(-c2ncccc2C[C@@H]2CCNC2)cc1. The normalized spacial score (nSPS) is 17.8. The summed E-state index contributed by atoms with van der Waals surface area (Å²) in [5.74, 6) is -0.244. The lowest BCUT2D eigenvalue weighted by atomic mass is 9.95. The quantitative estimate of drug-likeness (QED) is 0.905. The molecule has 1 fully saturated rings. The lowest BCUT2D eigenvalue weighted by Gasteiger charge is -2.12. The zero-order chi connectivity index (χ0) is 14.7. The third-order valence-corrected chi connectivity index (χ3v) is 3.97. The van der Waals surface area contributed by atoms with Gasteiger partial charge in [-0.15, -0.1) is 0 Å². The van der Waals surface area contributed by atoms with E-state index in [0.29, 0.717) is 11.5 Å². The smallest absolute Gasteiger partial charge is 0.335 e. The number of nitrogens with one attached hydrogen (secondary N) is 1. The lowest BCUT2D eigenvalue weighted by Crippen LogP contribution is -2.11. The number of benzene rings is 1. The monoisotopic (exact) mass is 282 g/mol. The molecule has 4 heteroatoms. The number of aromatic nitrogens is 1. The summed E-state index contributed by atoms with van der Waals surface area (Å²) in [6, 6.07) is 11.0. The molecule has 108 valence electrons. The van der Waals surface area contributed by atoms with Crippen molar-refractivity contribution in [2.24, 2.45) is 5.92 Å². The van der Waals surface area contributed by atoms with Crippen LogP contribution in [-0.4, -0.2) is 29.1 Å². The van der Waals surface area contributed by atoms with E-state index >= 15 is 0 Å². The molecule has 1 aliphatic rings. The van der Waals surface area contributed by atoms with Crippen molar-refractivity contribution in [1.29, 1.82) is 0 Å². The summed E-state index contributed by atoms with van der Waals surface area (Å²) >= 11 is 0. The van der Waals surface area contributed by atoms with Crippen LogP contribution < -0.4 is 5.32 Å². The predicted octanol–water partition coefficient (Wildman–Crippen LogP) is 2.60. The number of carbonyl (C=O) groups is 1. The van der Waals surface area contributed by atoms with Gasteiger partial charge in [-0.3, -0.25) is 4.98 Å². The van der Waals surface area contributed by atoms with E-state index in [4.69, 9.17) is 5.11 Å². The van der Waals surface area contributed by atoms with Crippen LogP contribution in [0.2, 0.25) is 0 Å². The molecule has 0 bridgehead atoms. The fraction of sp³-hybridized carbons (Fsp3) is 0.294. The van der Waals surface area contributed by atoms with E-state index in [-0.39, 0.29) is 0 Å². The number of nitrogens with zero attached hydrogens (tertiary/aromatic N) is 1. The maximum Gasteiger partial charge on any atom is 0.335 e. The van der Waals surface area contributed by atoms with Crippen molar-refractivity contribution < 1.29 is 9.90 Å². The molecule has 2 N–H and O–H groups in total. The number of hydrogen-bond donors (Lipinski definition) is 2. The number of hydrogen-bond acceptors (Lipinski definition) is 3. The van der Waals surface area contributed by atoms with E-state index in [2.05, 4.69) is 16.4 Å². The van der Waals surface area contributed by atoms with Gasteiger partial charge in [0.15, 0.2) is 0 Å². The first-order chi connectivity index (χ1) is 10.2. The van der Waals surface area contributed by atoms with Crippen LogP contribution in [0, 0.1) is 5.92 Å². The van der Waals surface area contributed by atoms with Crippen LogP contribution in [0.5, 0.6) is 0 Å². The number of carboxylic acid groups (broad SMARTS) is 1. The highest BCUT2D eigenvalue weighted by molar-refractivity contribution is 5.88. The van der Waals surface area contributed by atoms with Gasteiger partial charge in [0.05, 0.1) is 11.3 Å². The van der Waals surface area contributed by atoms with E-state index in [1.807, 2.05) is 18.2 Å². The van der Waals surface area contributed by atoms with Crippen molar-refractivity contribution in [2.75, 3.05) is 13.1 Å². The van der Waals surface area contributed by atoms with Crippen molar-refractivity contribution in [1.82, 2.24) is 10.3 Å². The topological polar surface area (TPSA) is 62.2 Å². The summed E-state index contributed by atoms with van der Waals surface area (Å²) in [6.45, 7) is 2.15. The van der Waals surface area contributed by atoms with Crippen LogP contribution in [-0.2, 0) is 6.42 Å². The van der Waals surface area contributed by atoms with Gasteiger partial charge < -0.3 is 10.4 Å². The molecule has 4 nitrogen and oxygen atoms in total. The first kappa shape index (κ1) is 13.8. The minimum atomic E-state index is -0.903. The van der Waals surface area contributed by atoms with Gasteiger partial charge in [0, 0.05) is 11.8 Å². The van der Waals surface area contributed by atoms with Crippen LogP contribution in [0.3, 0.4) is 0 Å². The average Bonchev–Trinajstić information content (AvgIpc) is 3.01. The van der Waals surface area contributed by atoms with Crippen molar-refractivity contribution in [3.63, 3.8) is 0 Å². The Bertz CT molecular complexity index is 631. The van der Waals surface area contributed by atoms with Crippen LogP contribution in [0.4, 0.5) is 0 Å². The molecule has 1 saturated heterocycles. The van der Waals surface area contributed by atoms with Crippen molar-refractivity contribution >= 4 is 5.97 Å². The van der Waals surface area contributed by atoms with Gasteiger partial charge in [-0.05, 0) is 55.6 Å². The Labute approximate surface area is 123 Å². The second kappa shape index (κ2) is 6.06. The molecule has 2 aromatic rings. The predicted molar refractivity (Wildman–Crippen MR) is 81.3 cm³/mol. The Morgan fingerprint density at radius 3 is 2.76 bits per heavy atom. The Morgan fingerprint density at radius 2 is 2.10 bits per heavy atom. The minimum Gasteiger partial charge on any atom is -0.478 e. The van der Waals surface area contributed by atoms with E-state index in [1.165, 1.54) is 12.0 Å². The highest BCUT2D eigenvalue weighted by Crippen LogP contribution is 2.25. The Hall–Kier alpha value is -2.20. The van der Waals surface area contributed by atoms with E-state index in [1.54, 1.807) is 18.3 Å². The molecule has 0 radical (unpaired) electrons. The molecule has 1 aliphatic heterocycles. The lowest BCUT2D eigenvalue weighted by molar-refractivity contribution is 0.0697. The molecule has 0 amide bonds. The number of pyridine rings is 1. The Balaban J connectivity index is 1.88. The summed E-state index contributed by atoms with van der Waals surface area (Å²) < 4.78 is 0. The molecule has 0 spiro atoms. The van der Waals surface area contributed by atoms with Gasteiger partial charge in [-0.2, -0.15) is 0 Å². The number of aromatic carboxylic acids is 1. The first-order valence-electron chi connectivity index (χ1n) is 7.22. The molecule has 0 aliphatic carbocycles. The van der Waals surface area contributed by atoms with Gasteiger partial charge in [-0.25, -0.2) is 4.79 Å². The second-order valence-electron chi connectivity index (χ2n) is 5.46. The van der Waals surface area contributed by atoms with Crippen molar-refractivity contribution in [2.45, 2.75) is 12.8 Å². The fourth-order valence-electron chi connectivity index (χ4n) is 2.83. The van der Waals surface area contributed by atoms with Gasteiger partial charge in [0.2, 0.25) is 0 Å². The summed E-state index contributed by atoms with van der Waals surface area (Å²) in [7, 11) is 0. The third-order valence-electron chi connectivity index (χ3n) is 3.97. The second-order valence-corrected chi connectivity index (χ2v) is 5.46. The van der Waals surface area contributed by atoms with Gasteiger partial charge in [-0.1, -0.05) is 18.2 Å². The molecule has 1 atom stereocenters. The van der Waals surface area contributed by atoms with Crippen LogP contribution >= 0.6 is 0 Å². The molecule has 1 aromatic heterocycles. The number of carboxylic acids is 1. The Kier molecular flexibility index (Phi) is 3.97. The van der Waals surface area contributed by atoms with Crippen molar-refractivity contribution in [3.05, 3.63) is 53.7 Å². The molecular formula is C17H18N2O2. The fourth-order valence-corrected chi connectivity index (χ4v) is 2.83. The standard InChI is InChI=1S/C17H18N2O2/c20-17(21)14-5-3-13(4-6-14)16-15(2-1-8-19-16)10-12-7-9-18-11-12/h1-6,8,12,18H,7,9-11H2,(H,20,21)/t12-/m0/s1. The van der Waals surface area contributed by atoms with Gasteiger partial charge in [0.25, 0.3) is 0 Å². The highest BCUT2D eigenvalue weighted by atomic mass is 16.4. The van der Waals surface area contributed by atoms with E-state index in [0.717, 1.165) is 30.8 Å². The zero-order valence-electron chi connectivity index (χ0n) is 11.7. The van der Waals surface area contributed by atoms with Crippen molar-refractivity contribution in [3.8, 4) is 11.3 Å². The maximum atomic E-state index is 10.9. The molecule has 0 unspecified atom stereocenters. The third kappa shape index (κ3) is 3.11. The van der Waals surface area contributed by atoms with Gasteiger partial charge >= 0.3 is 5.97 Å². The minimum absolute atomic E-state index is 0.302. The molecular weight excluding hydrogens is 264 g/mol. The molecule has 21 heavy (non-hydrogen) atoms. The Morgan fingerprint density at radius 1 is 1.29 bits per heavy atom. The summed E-state index contributed by atoms with van der Waals surface area (Å²) in [5.41, 5.74) is 3.47. The first-order valence-corrected chi connectivity index (χ1v) is 7.22. The average molecular weight is 282 g/mol. The molecule has 2 heterocycles. The highest BCUT2D eigenvalue weighted by Gasteiger charge is 2.17. The van der Waals surface area contributed by atoms with E-state index in [9.17, 15) is 4.79 Å². The molecule has 0 saturated carbocycles. The van der Waals surface area contributed by atoms with Crippen LogP contribution in [0.1, 0.15) is 22.3 Å². The summed E-state index contributed by atoms with van der Waals surface area (Å²) in [6.07, 6.45) is 4.00. The van der Waals surface area contributed by atoms with Crippen LogP contribution in [0.15, 0.2) is 42.6 Å². The maximum absolute atomic E-state index is 10.9. The van der Waals surface area contributed by atoms with Gasteiger partial charge in [0.1, 0.15) is 0 Å². The van der Waals surface area contributed by atoms with Crippen LogP contribution in [0.25, 0.3) is 11.3 Å².